The predicted molar refractivity (Wildman–Crippen MR) is 105 cm³/mol. The van der Waals surface area contributed by atoms with Crippen LogP contribution in [0, 0.1) is 6.92 Å². The number of nitrogens with one attached hydrogen (secondary N) is 2. The van der Waals surface area contributed by atoms with Gasteiger partial charge in [-0.25, -0.2) is 4.79 Å². The second kappa shape index (κ2) is 8.02. The normalized spacial score (nSPS) is 12.7. The van der Waals surface area contributed by atoms with Crippen molar-refractivity contribution < 1.29 is 9.90 Å². The van der Waals surface area contributed by atoms with Gasteiger partial charge in [0, 0.05) is 28.2 Å². The maximum absolute atomic E-state index is 10.7. The molecular formula is C22H24N2O2. The number of aromatic amines is 1. The van der Waals surface area contributed by atoms with Crippen LogP contribution in [0.15, 0.2) is 60.7 Å². The molecule has 26 heavy (non-hydrogen) atoms. The highest BCUT2D eigenvalue weighted by atomic mass is 16.4. The second-order valence-corrected chi connectivity index (χ2v) is 6.39. The lowest BCUT2D eigenvalue weighted by Gasteiger charge is -2.20. The minimum Gasteiger partial charge on any atom is -0.478 e. The molecule has 0 radical (unpaired) electrons. The quantitative estimate of drug-likeness (QED) is 0.556. The Hall–Kier alpha value is -2.85. The smallest absolute Gasteiger partial charge is 0.327 e. The van der Waals surface area contributed by atoms with Crippen LogP contribution < -0.4 is 5.32 Å². The number of benzene rings is 2. The van der Waals surface area contributed by atoms with Crippen molar-refractivity contribution in [3.8, 4) is 0 Å². The van der Waals surface area contributed by atoms with Gasteiger partial charge in [-0.1, -0.05) is 55.5 Å². The average molecular weight is 348 g/mol. The molecule has 0 spiro atoms. The summed E-state index contributed by atoms with van der Waals surface area (Å²) in [6.07, 6.45) is 3.48. The zero-order chi connectivity index (χ0) is 18.5. The van der Waals surface area contributed by atoms with Gasteiger partial charge < -0.3 is 15.4 Å². The van der Waals surface area contributed by atoms with Gasteiger partial charge in [0.1, 0.15) is 0 Å². The van der Waals surface area contributed by atoms with E-state index >= 15 is 0 Å². The minimum absolute atomic E-state index is 0.0829. The molecule has 0 amide bonds. The fourth-order valence-corrected chi connectivity index (χ4v) is 3.46. The molecule has 3 N–H and O–H groups in total. The highest BCUT2D eigenvalue weighted by Gasteiger charge is 2.20. The van der Waals surface area contributed by atoms with Gasteiger partial charge in [0.05, 0.1) is 6.04 Å². The Labute approximate surface area is 153 Å². The predicted octanol–water partition coefficient (Wildman–Crippen LogP) is 4.36. The minimum atomic E-state index is -0.916. The van der Waals surface area contributed by atoms with Gasteiger partial charge in [-0.3, -0.25) is 0 Å². The number of carboxylic acid groups (broad SMARTS) is 1. The van der Waals surface area contributed by atoms with Crippen LogP contribution in [-0.4, -0.2) is 22.6 Å². The Morgan fingerprint density at radius 1 is 1.23 bits per heavy atom. The summed E-state index contributed by atoms with van der Waals surface area (Å²) in [4.78, 5) is 14.1. The van der Waals surface area contributed by atoms with E-state index in [1.54, 1.807) is 6.08 Å². The molecule has 1 aromatic heterocycles. The first kappa shape index (κ1) is 18.0. The summed E-state index contributed by atoms with van der Waals surface area (Å²) in [5.74, 6) is -0.916. The third-order valence-corrected chi connectivity index (χ3v) is 4.54. The number of fused-ring (bicyclic) bond motifs is 1. The number of hydrogen-bond acceptors (Lipinski definition) is 2. The van der Waals surface area contributed by atoms with Crippen LogP contribution in [0.5, 0.6) is 0 Å². The number of carbonyl (C=O) groups is 1. The van der Waals surface area contributed by atoms with Crippen LogP contribution in [-0.2, 0) is 11.2 Å². The van der Waals surface area contributed by atoms with E-state index in [1.165, 1.54) is 22.6 Å². The maximum atomic E-state index is 10.7. The number of aromatic nitrogens is 1. The number of H-pyrrole nitrogens is 1. The molecule has 0 bridgehead atoms. The summed E-state index contributed by atoms with van der Waals surface area (Å²) >= 11 is 0. The molecule has 0 saturated carbocycles. The molecule has 0 aliphatic rings. The summed E-state index contributed by atoms with van der Waals surface area (Å²) in [5, 5.41) is 13.6. The number of rotatable bonds is 7. The summed E-state index contributed by atoms with van der Waals surface area (Å²) < 4.78 is 0. The number of allylic oxidation sites excluding steroid dienone is 1. The Morgan fingerprint density at radius 2 is 2.04 bits per heavy atom. The van der Waals surface area contributed by atoms with Crippen molar-refractivity contribution in [3.05, 3.63) is 83.1 Å². The first-order chi connectivity index (χ1) is 12.6. The third kappa shape index (κ3) is 3.86. The molecule has 4 nitrogen and oxygen atoms in total. The van der Waals surface area contributed by atoms with Crippen molar-refractivity contribution in [2.75, 3.05) is 6.54 Å². The summed E-state index contributed by atoms with van der Waals surface area (Å²) in [7, 11) is 0. The van der Waals surface area contributed by atoms with E-state index in [9.17, 15) is 4.79 Å². The van der Waals surface area contributed by atoms with Crippen LogP contribution in [0.4, 0.5) is 0 Å². The van der Waals surface area contributed by atoms with Gasteiger partial charge in [-0.05, 0) is 37.1 Å². The van der Waals surface area contributed by atoms with Crippen molar-refractivity contribution in [1.82, 2.24) is 10.3 Å². The van der Waals surface area contributed by atoms with Crippen LogP contribution in [0.1, 0.15) is 35.3 Å². The number of carboxylic acids is 1. The number of aliphatic carboxylic acids is 1. The average Bonchev–Trinajstić information content (AvgIpc) is 2.95. The lowest BCUT2D eigenvalue weighted by molar-refractivity contribution is -0.131. The lowest BCUT2D eigenvalue weighted by atomic mass is 9.94. The monoisotopic (exact) mass is 348 g/mol. The topological polar surface area (TPSA) is 65.1 Å². The molecule has 1 atom stereocenters. The molecule has 3 rings (SSSR count). The van der Waals surface area contributed by atoms with Crippen molar-refractivity contribution in [2.45, 2.75) is 26.3 Å². The molecule has 2 aromatic carbocycles. The fraction of sp³-hybridized carbons (Fsp3) is 0.227. The number of para-hydroxylation sites is 1. The van der Waals surface area contributed by atoms with Gasteiger partial charge in [-0.2, -0.15) is 0 Å². The van der Waals surface area contributed by atoms with Crippen molar-refractivity contribution in [3.63, 3.8) is 0 Å². The van der Waals surface area contributed by atoms with Crippen LogP contribution >= 0.6 is 0 Å². The Morgan fingerprint density at radius 3 is 2.81 bits per heavy atom. The Balaban J connectivity index is 2.00. The summed E-state index contributed by atoms with van der Waals surface area (Å²) in [6, 6.07) is 16.8. The zero-order valence-corrected chi connectivity index (χ0v) is 15.1. The highest BCUT2D eigenvalue weighted by Crippen LogP contribution is 2.32. The molecule has 0 aliphatic heterocycles. The third-order valence-electron chi connectivity index (χ3n) is 4.54. The molecule has 3 aromatic rings. The van der Waals surface area contributed by atoms with E-state index in [0.29, 0.717) is 6.42 Å². The van der Waals surface area contributed by atoms with Crippen LogP contribution in [0.3, 0.4) is 0 Å². The van der Waals surface area contributed by atoms with Crippen molar-refractivity contribution in [1.29, 1.82) is 0 Å². The standard InChI is InChI=1S/C22H24N2O2/c1-3-23-22(21-15(2)24-19-12-5-4-11-18(19)21)17-10-6-8-16(14-17)9-7-13-20(25)26/h4-8,10-14,22-24H,3,9H2,1-2H3,(H,25,26). The second-order valence-electron chi connectivity index (χ2n) is 6.39. The lowest BCUT2D eigenvalue weighted by Crippen LogP contribution is -2.22. The van der Waals surface area contributed by atoms with Crippen LogP contribution in [0.2, 0.25) is 0 Å². The molecule has 0 saturated heterocycles. The maximum Gasteiger partial charge on any atom is 0.327 e. The molecule has 1 unspecified atom stereocenters. The highest BCUT2D eigenvalue weighted by molar-refractivity contribution is 5.85. The van der Waals surface area contributed by atoms with Gasteiger partial charge in [-0.15, -0.1) is 0 Å². The number of hydrogen-bond donors (Lipinski definition) is 3. The van der Waals surface area contributed by atoms with Gasteiger partial charge in [0.15, 0.2) is 0 Å². The van der Waals surface area contributed by atoms with Crippen molar-refractivity contribution in [2.24, 2.45) is 0 Å². The molecule has 1 heterocycles. The van der Waals surface area contributed by atoms with Gasteiger partial charge >= 0.3 is 5.97 Å². The van der Waals surface area contributed by atoms with E-state index in [2.05, 4.69) is 54.5 Å². The van der Waals surface area contributed by atoms with E-state index in [1.807, 2.05) is 18.2 Å². The summed E-state index contributed by atoms with van der Waals surface area (Å²) in [5.41, 5.74) is 5.85. The molecule has 4 heteroatoms. The van der Waals surface area contributed by atoms with E-state index in [0.717, 1.165) is 23.3 Å². The summed E-state index contributed by atoms with van der Waals surface area (Å²) in [6.45, 7) is 5.07. The largest absolute Gasteiger partial charge is 0.478 e. The zero-order valence-electron chi connectivity index (χ0n) is 15.1. The van der Waals surface area contributed by atoms with Crippen molar-refractivity contribution >= 4 is 16.9 Å². The molecular weight excluding hydrogens is 324 g/mol. The van der Waals surface area contributed by atoms with E-state index in [4.69, 9.17) is 5.11 Å². The first-order valence-electron chi connectivity index (χ1n) is 8.89. The molecule has 134 valence electrons. The van der Waals surface area contributed by atoms with Gasteiger partial charge in [0.2, 0.25) is 0 Å². The SMILES string of the molecule is CCNC(c1cccc(CC=CC(=O)O)c1)c1c(C)[nH]c2ccccc12. The van der Waals surface area contributed by atoms with E-state index in [-0.39, 0.29) is 6.04 Å². The number of aryl methyl sites for hydroxylation is 1. The molecule has 0 aliphatic carbocycles. The first-order valence-corrected chi connectivity index (χ1v) is 8.89. The fourth-order valence-electron chi connectivity index (χ4n) is 3.46. The Bertz CT molecular complexity index is 940. The Kier molecular flexibility index (Phi) is 5.54. The van der Waals surface area contributed by atoms with Crippen LogP contribution in [0.25, 0.3) is 10.9 Å². The van der Waals surface area contributed by atoms with Gasteiger partial charge in [0.25, 0.3) is 0 Å². The van der Waals surface area contributed by atoms with E-state index < -0.39 is 5.97 Å². The molecule has 0 fully saturated rings.